The zero-order chi connectivity index (χ0) is 24.7. The van der Waals surface area contributed by atoms with Crippen molar-refractivity contribution in [3.8, 4) is 22.8 Å². The summed E-state index contributed by atoms with van der Waals surface area (Å²) < 4.78 is 63.9. The van der Waals surface area contributed by atoms with Gasteiger partial charge in [-0.05, 0) is 51.1 Å². The summed E-state index contributed by atoms with van der Waals surface area (Å²) in [4.78, 5) is 3.16. The van der Waals surface area contributed by atoms with Gasteiger partial charge in [0.1, 0.15) is 28.0 Å². The first-order chi connectivity index (χ1) is 16.0. The van der Waals surface area contributed by atoms with Crippen molar-refractivity contribution in [2.24, 2.45) is 0 Å². The van der Waals surface area contributed by atoms with Crippen molar-refractivity contribution in [1.29, 1.82) is 0 Å². The van der Waals surface area contributed by atoms with Crippen LogP contribution in [0.3, 0.4) is 0 Å². The van der Waals surface area contributed by atoms with Crippen molar-refractivity contribution < 1.29 is 21.9 Å². The molecule has 1 N–H and O–H groups in total. The Hall–Kier alpha value is -3.02. The number of nitrogens with one attached hydrogen (secondary N) is 1. The van der Waals surface area contributed by atoms with Gasteiger partial charge in [0, 0.05) is 23.2 Å². The molecule has 2 aromatic carbocycles. The van der Waals surface area contributed by atoms with Gasteiger partial charge in [0.15, 0.2) is 5.82 Å². The van der Waals surface area contributed by atoms with E-state index in [1.807, 2.05) is 20.8 Å². The summed E-state index contributed by atoms with van der Waals surface area (Å²) >= 11 is 7.44. The fourth-order valence-corrected chi connectivity index (χ4v) is 5.11. The van der Waals surface area contributed by atoms with Crippen LogP contribution < -0.4 is 9.46 Å². The third-order valence-corrected chi connectivity index (χ3v) is 6.91. The van der Waals surface area contributed by atoms with E-state index in [1.165, 1.54) is 40.4 Å². The van der Waals surface area contributed by atoms with Crippen LogP contribution in [-0.2, 0) is 15.6 Å². The van der Waals surface area contributed by atoms with Crippen LogP contribution in [0.1, 0.15) is 20.8 Å². The van der Waals surface area contributed by atoms with Gasteiger partial charge in [0.05, 0.1) is 21.8 Å². The number of aromatic nitrogens is 3. The van der Waals surface area contributed by atoms with Crippen molar-refractivity contribution >= 4 is 38.8 Å². The number of sulfonamides is 1. The van der Waals surface area contributed by atoms with Crippen LogP contribution in [-0.4, -0.2) is 23.2 Å². The Balaban J connectivity index is 1.72. The Labute approximate surface area is 204 Å². The summed E-state index contributed by atoms with van der Waals surface area (Å²) in [6.07, 6.45) is 1.58. The van der Waals surface area contributed by atoms with Crippen molar-refractivity contribution in [2.75, 3.05) is 4.72 Å². The van der Waals surface area contributed by atoms with Gasteiger partial charge < -0.3 is 4.74 Å². The summed E-state index contributed by atoms with van der Waals surface area (Å²) in [7, 11) is -4.28. The van der Waals surface area contributed by atoms with Gasteiger partial charge in [-0.3, -0.25) is 9.40 Å². The molecular weight excluding hydrogens is 506 g/mol. The normalized spacial score (nSPS) is 12.1. The molecule has 0 radical (unpaired) electrons. The molecule has 0 bridgehead atoms. The van der Waals surface area contributed by atoms with E-state index in [0.29, 0.717) is 11.3 Å². The van der Waals surface area contributed by atoms with E-state index in [9.17, 15) is 17.2 Å². The van der Waals surface area contributed by atoms with Crippen molar-refractivity contribution in [2.45, 2.75) is 31.2 Å². The minimum absolute atomic E-state index is 0.0623. The highest BCUT2D eigenvalue weighted by Crippen LogP contribution is 2.39. The number of hydrogen-bond acceptors (Lipinski definition) is 6. The lowest BCUT2D eigenvalue weighted by atomic mass is 10.1. The first-order valence-corrected chi connectivity index (χ1v) is 12.7. The molecular formula is C22H19ClF2N4O3S2. The predicted octanol–water partition coefficient (Wildman–Crippen LogP) is 6.29. The summed E-state index contributed by atoms with van der Waals surface area (Å²) in [5.74, 6) is -1.47. The summed E-state index contributed by atoms with van der Waals surface area (Å²) in [6, 6.07) is 7.37. The maximum Gasteiger partial charge on any atom is 0.266 e. The van der Waals surface area contributed by atoms with Gasteiger partial charge in [0.2, 0.25) is 0 Å². The van der Waals surface area contributed by atoms with Crippen LogP contribution >= 0.6 is 22.9 Å². The van der Waals surface area contributed by atoms with Gasteiger partial charge in [-0.25, -0.2) is 22.2 Å². The van der Waals surface area contributed by atoms with Gasteiger partial charge in [-0.2, -0.15) is 5.10 Å². The fourth-order valence-electron chi connectivity index (χ4n) is 3.20. The minimum Gasteiger partial charge on any atom is -0.455 e. The van der Waals surface area contributed by atoms with Crippen LogP contribution in [0.5, 0.6) is 11.5 Å². The molecule has 0 aliphatic rings. The lowest BCUT2D eigenvalue weighted by Crippen LogP contribution is -2.24. The second kappa shape index (κ2) is 8.97. The molecule has 0 amide bonds. The molecule has 0 aliphatic heterocycles. The van der Waals surface area contributed by atoms with Crippen LogP contribution in [0.15, 0.2) is 58.4 Å². The number of halogens is 3. The van der Waals surface area contributed by atoms with E-state index < -0.39 is 32.1 Å². The van der Waals surface area contributed by atoms with E-state index in [2.05, 4.69) is 14.8 Å². The smallest absolute Gasteiger partial charge is 0.266 e. The van der Waals surface area contributed by atoms with E-state index in [-0.39, 0.29) is 22.3 Å². The molecule has 34 heavy (non-hydrogen) atoms. The molecule has 0 spiro atoms. The SMILES string of the molecule is CC(C)(C)n1nccc1-c1cc(F)ccc1Oc1cc(F)c(S(=O)(=O)Nc2cscn2)cc1Cl. The third kappa shape index (κ3) is 4.91. The predicted molar refractivity (Wildman–Crippen MR) is 127 cm³/mol. The number of benzene rings is 2. The van der Waals surface area contributed by atoms with Crippen molar-refractivity contribution in [3.63, 3.8) is 0 Å². The number of rotatable bonds is 6. The van der Waals surface area contributed by atoms with Gasteiger partial charge in [-0.15, -0.1) is 11.3 Å². The largest absolute Gasteiger partial charge is 0.455 e. The zero-order valence-electron chi connectivity index (χ0n) is 18.2. The second-order valence-electron chi connectivity index (χ2n) is 8.23. The molecule has 2 heterocycles. The first kappa shape index (κ1) is 24.1. The topological polar surface area (TPSA) is 86.1 Å². The lowest BCUT2D eigenvalue weighted by Gasteiger charge is -2.23. The molecule has 0 saturated heterocycles. The highest BCUT2D eigenvalue weighted by molar-refractivity contribution is 7.92. The fraction of sp³-hybridized carbons (Fsp3) is 0.182. The monoisotopic (exact) mass is 524 g/mol. The Bertz CT molecular complexity index is 1450. The number of nitrogens with zero attached hydrogens (tertiary/aromatic N) is 3. The molecule has 4 rings (SSSR count). The lowest BCUT2D eigenvalue weighted by molar-refractivity contribution is 0.359. The Morgan fingerprint density at radius 1 is 1.12 bits per heavy atom. The summed E-state index contributed by atoms with van der Waals surface area (Å²) in [5, 5.41) is 5.63. The zero-order valence-corrected chi connectivity index (χ0v) is 20.6. The minimum atomic E-state index is -4.28. The Morgan fingerprint density at radius 3 is 2.56 bits per heavy atom. The Kier molecular flexibility index (Phi) is 6.36. The average Bonchev–Trinajstić information content (AvgIpc) is 3.43. The van der Waals surface area contributed by atoms with E-state index in [1.54, 1.807) is 16.9 Å². The molecule has 0 aliphatic carbocycles. The van der Waals surface area contributed by atoms with Crippen molar-refractivity contribution in [3.05, 3.63) is 70.1 Å². The molecule has 7 nitrogen and oxygen atoms in total. The summed E-state index contributed by atoms with van der Waals surface area (Å²) in [5.41, 5.74) is 1.97. The molecule has 4 aromatic rings. The van der Waals surface area contributed by atoms with Crippen LogP contribution in [0.4, 0.5) is 14.6 Å². The highest BCUT2D eigenvalue weighted by atomic mass is 35.5. The number of thiazole rings is 1. The van der Waals surface area contributed by atoms with E-state index in [0.717, 1.165) is 12.1 Å². The van der Waals surface area contributed by atoms with Crippen molar-refractivity contribution in [1.82, 2.24) is 14.8 Å². The number of ether oxygens (including phenoxy) is 1. The average molecular weight is 525 g/mol. The summed E-state index contributed by atoms with van der Waals surface area (Å²) in [6.45, 7) is 5.82. The molecule has 0 unspecified atom stereocenters. The molecule has 0 atom stereocenters. The quantitative estimate of drug-likeness (QED) is 0.320. The maximum atomic E-state index is 14.9. The number of anilines is 1. The highest BCUT2D eigenvalue weighted by Gasteiger charge is 2.25. The Morgan fingerprint density at radius 2 is 1.88 bits per heavy atom. The third-order valence-electron chi connectivity index (χ3n) is 4.66. The van der Waals surface area contributed by atoms with Gasteiger partial charge in [-0.1, -0.05) is 11.6 Å². The standard InChI is InChI=1S/C22H19ClF2N4O3S2/c1-22(2,3)29-17(6-7-27-29)14-8-13(24)4-5-18(14)32-19-10-16(25)20(9-15(19)23)34(30,31)28-21-11-33-12-26-21/h4-12,28H,1-3H3. The maximum absolute atomic E-state index is 14.9. The molecule has 2 aromatic heterocycles. The molecule has 0 saturated carbocycles. The molecule has 12 heteroatoms. The van der Waals surface area contributed by atoms with Crippen LogP contribution in [0.2, 0.25) is 5.02 Å². The first-order valence-electron chi connectivity index (χ1n) is 9.88. The number of hydrogen-bond donors (Lipinski definition) is 1. The molecule has 178 valence electrons. The second-order valence-corrected chi connectivity index (χ2v) is 11.0. The van der Waals surface area contributed by atoms with Crippen LogP contribution in [0, 0.1) is 11.6 Å². The van der Waals surface area contributed by atoms with E-state index in [4.69, 9.17) is 16.3 Å². The van der Waals surface area contributed by atoms with E-state index >= 15 is 0 Å². The van der Waals surface area contributed by atoms with Gasteiger partial charge >= 0.3 is 0 Å². The van der Waals surface area contributed by atoms with Crippen LogP contribution in [0.25, 0.3) is 11.3 Å². The molecule has 0 fully saturated rings. The van der Waals surface area contributed by atoms with Gasteiger partial charge in [0.25, 0.3) is 10.0 Å².